The van der Waals surface area contributed by atoms with Crippen LogP contribution in [0.2, 0.25) is 0 Å². The van der Waals surface area contributed by atoms with Crippen LogP contribution in [-0.4, -0.2) is 101 Å². The van der Waals surface area contributed by atoms with Crippen LogP contribution in [0.25, 0.3) is 0 Å². The molecule has 0 amide bonds. The molecular formula is C24H41N5O3. The van der Waals surface area contributed by atoms with Gasteiger partial charge in [0.25, 0.3) is 0 Å². The van der Waals surface area contributed by atoms with Gasteiger partial charge in [0, 0.05) is 44.8 Å². The van der Waals surface area contributed by atoms with Gasteiger partial charge in [-0.2, -0.15) is 0 Å². The van der Waals surface area contributed by atoms with E-state index in [0.717, 1.165) is 77.4 Å². The van der Waals surface area contributed by atoms with E-state index in [1.165, 1.54) is 5.56 Å². The summed E-state index contributed by atoms with van der Waals surface area (Å²) in [6.07, 6.45) is 0. The first-order chi connectivity index (χ1) is 15.6. The Labute approximate surface area is 193 Å². The lowest BCUT2D eigenvalue weighted by molar-refractivity contribution is -0.0166. The second-order valence-corrected chi connectivity index (χ2v) is 8.55. The van der Waals surface area contributed by atoms with E-state index in [4.69, 9.17) is 19.2 Å². The van der Waals surface area contributed by atoms with Crippen LogP contribution in [0.4, 0.5) is 0 Å². The average molecular weight is 448 g/mol. The SMILES string of the molecule is CCNC(=NCC(C)N1CCOCC1C)NCC(c1ccc(OC)cc1)N1CCOCC1. The van der Waals surface area contributed by atoms with E-state index in [0.29, 0.717) is 12.1 Å². The molecule has 0 spiro atoms. The van der Waals surface area contributed by atoms with Crippen LogP contribution < -0.4 is 15.4 Å². The highest BCUT2D eigenvalue weighted by Gasteiger charge is 2.25. The molecule has 0 radical (unpaired) electrons. The van der Waals surface area contributed by atoms with Gasteiger partial charge in [-0.05, 0) is 38.5 Å². The topological polar surface area (TPSA) is 70.6 Å². The Bertz CT molecular complexity index is 693. The van der Waals surface area contributed by atoms with Gasteiger partial charge in [-0.3, -0.25) is 14.8 Å². The van der Waals surface area contributed by atoms with Crippen molar-refractivity contribution < 1.29 is 14.2 Å². The Morgan fingerprint density at radius 1 is 1.12 bits per heavy atom. The van der Waals surface area contributed by atoms with E-state index in [2.05, 4.69) is 53.3 Å². The van der Waals surface area contributed by atoms with Crippen molar-refractivity contribution in [3.05, 3.63) is 29.8 Å². The number of benzene rings is 1. The van der Waals surface area contributed by atoms with Crippen molar-refractivity contribution in [2.75, 3.05) is 72.8 Å². The number of aliphatic imine (C=N–C) groups is 1. The molecular weight excluding hydrogens is 406 g/mol. The molecule has 2 aliphatic rings. The van der Waals surface area contributed by atoms with E-state index in [1.54, 1.807) is 7.11 Å². The molecule has 8 heteroatoms. The van der Waals surface area contributed by atoms with Gasteiger partial charge in [0.15, 0.2) is 5.96 Å². The summed E-state index contributed by atoms with van der Waals surface area (Å²) in [4.78, 5) is 9.89. The van der Waals surface area contributed by atoms with Gasteiger partial charge in [-0.25, -0.2) is 0 Å². The zero-order valence-electron chi connectivity index (χ0n) is 20.2. The minimum Gasteiger partial charge on any atom is -0.497 e. The predicted octanol–water partition coefficient (Wildman–Crippen LogP) is 1.73. The largest absolute Gasteiger partial charge is 0.497 e. The highest BCUT2D eigenvalue weighted by molar-refractivity contribution is 5.79. The summed E-state index contributed by atoms with van der Waals surface area (Å²) in [5, 5.41) is 7.01. The van der Waals surface area contributed by atoms with Gasteiger partial charge in [-0.1, -0.05) is 12.1 Å². The van der Waals surface area contributed by atoms with Crippen LogP contribution in [0.15, 0.2) is 29.3 Å². The monoisotopic (exact) mass is 447 g/mol. The second-order valence-electron chi connectivity index (χ2n) is 8.55. The van der Waals surface area contributed by atoms with Crippen LogP contribution in [0.1, 0.15) is 32.4 Å². The Kier molecular flexibility index (Phi) is 10.1. The molecule has 2 heterocycles. The maximum absolute atomic E-state index is 5.59. The van der Waals surface area contributed by atoms with Crippen LogP contribution in [0.5, 0.6) is 5.75 Å². The van der Waals surface area contributed by atoms with Crippen LogP contribution >= 0.6 is 0 Å². The number of methoxy groups -OCH3 is 1. The third-order valence-electron chi connectivity index (χ3n) is 6.29. The summed E-state index contributed by atoms with van der Waals surface area (Å²) in [6, 6.07) is 9.44. The minimum atomic E-state index is 0.241. The van der Waals surface area contributed by atoms with Crippen molar-refractivity contribution in [1.29, 1.82) is 0 Å². The lowest BCUT2D eigenvalue weighted by Crippen LogP contribution is -2.50. The number of hydrogen-bond acceptors (Lipinski definition) is 6. The van der Waals surface area contributed by atoms with E-state index in [-0.39, 0.29) is 6.04 Å². The molecule has 0 bridgehead atoms. The molecule has 1 aromatic rings. The molecule has 2 N–H and O–H groups in total. The van der Waals surface area contributed by atoms with Crippen molar-refractivity contribution >= 4 is 5.96 Å². The number of nitrogens with one attached hydrogen (secondary N) is 2. The molecule has 8 nitrogen and oxygen atoms in total. The lowest BCUT2D eigenvalue weighted by Gasteiger charge is -2.37. The number of hydrogen-bond donors (Lipinski definition) is 2. The van der Waals surface area contributed by atoms with Crippen molar-refractivity contribution in [3.8, 4) is 5.75 Å². The molecule has 0 saturated carbocycles. The summed E-state index contributed by atoms with van der Waals surface area (Å²) in [7, 11) is 1.70. The number of guanidine groups is 1. The van der Waals surface area contributed by atoms with E-state index >= 15 is 0 Å². The van der Waals surface area contributed by atoms with E-state index in [9.17, 15) is 0 Å². The van der Waals surface area contributed by atoms with E-state index in [1.807, 2.05) is 12.1 Å². The summed E-state index contributed by atoms with van der Waals surface area (Å²) in [5.74, 6) is 1.75. The first-order valence-electron chi connectivity index (χ1n) is 11.9. The summed E-state index contributed by atoms with van der Waals surface area (Å²) in [6.45, 7) is 14.9. The third-order valence-corrected chi connectivity index (χ3v) is 6.29. The van der Waals surface area contributed by atoms with Gasteiger partial charge in [-0.15, -0.1) is 0 Å². The Hall–Kier alpha value is -1.87. The van der Waals surface area contributed by atoms with Crippen molar-refractivity contribution in [1.82, 2.24) is 20.4 Å². The molecule has 180 valence electrons. The van der Waals surface area contributed by atoms with Crippen molar-refractivity contribution in [2.45, 2.75) is 38.9 Å². The Morgan fingerprint density at radius 2 is 1.84 bits per heavy atom. The van der Waals surface area contributed by atoms with Gasteiger partial charge >= 0.3 is 0 Å². The number of ether oxygens (including phenoxy) is 3. The Balaban J connectivity index is 1.65. The van der Waals surface area contributed by atoms with Crippen molar-refractivity contribution in [3.63, 3.8) is 0 Å². The zero-order valence-corrected chi connectivity index (χ0v) is 20.2. The normalized spacial score (nSPS) is 22.9. The van der Waals surface area contributed by atoms with Crippen LogP contribution in [0.3, 0.4) is 0 Å². The zero-order chi connectivity index (χ0) is 22.8. The summed E-state index contributed by atoms with van der Waals surface area (Å²) in [5.41, 5.74) is 1.27. The van der Waals surface area contributed by atoms with Gasteiger partial charge < -0.3 is 24.8 Å². The molecule has 3 rings (SSSR count). The Morgan fingerprint density at radius 3 is 2.50 bits per heavy atom. The smallest absolute Gasteiger partial charge is 0.191 e. The molecule has 2 saturated heterocycles. The average Bonchev–Trinajstić information content (AvgIpc) is 2.83. The maximum atomic E-state index is 5.59. The second kappa shape index (κ2) is 13.0. The predicted molar refractivity (Wildman–Crippen MR) is 129 cm³/mol. The fourth-order valence-electron chi connectivity index (χ4n) is 4.43. The quantitative estimate of drug-likeness (QED) is 0.441. The van der Waals surface area contributed by atoms with Crippen LogP contribution in [0, 0.1) is 0 Å². The standard InChI is InChI=1S/C24H41N5O3/c1-5-25-24(26-16-19(2)29-12-15-32-18-20(29)3)27-17-23(28-10-13-31-14-11-28)21-6-8-22(30-4)9-7-21/h6-9,19-20,23H,5,10-18H2,1-4H3,(H2,25,26,27). The summed E-state index contributed by atoms with van der Waals surface area (Å²) < 4.78 is 16.5. The molecule has 2 fully saturated rings. The summed E-state index contributed by atoms with van der Waals surface area (Å²) >= 11 is 0. The fourth-order valence-corrected chi connectivity index (χ4v) is 4.43. The highest BCUT2D eigenvalue weighted by Crippen LogP contribution is 2.23. The molecule has 3 atom stereocenters. The third kappa shape index (κ3) is 7.07. The number of rotatable bonds is 9. The molecule has 2 aliphatic heterocycles. The van der Waals surface area contributed by atoms with Gasteiger partial charge in [0.1, 0.15) is 5.75 Å². The number of morpholine rings is 2. The molecule has 3 unspecified atom stereocenters. The molecule has 0 aromatic heterocycles. The van der Waals surface area contributed by atoms with Crippen molar-refractivity contribution in [2.24, 2.45) is 4.99 Å². The van der Waals surface area contributed by atoms with Crippen LogP contribution in [-0.2, 0) is 9.47 Å². The fraction of sp³-hybridized carbons (Fsp3) is 0.708. The van der Waals surface area contributed by atoms with Gasteiger partial charge in [0.2, 0.25) is 0 Å². The van der Waals surface area contributed by atoms with Gasteiger partial charge in [0.05, 0.1) is 46.1 Å². The first-order valence-corrected chi connectivity index (χ1v) is 11.9. The van der Waals surface area contributed by atoms with E-state index < -0.39 is 0 Å². The number of nitrogens with zero attached hydrogens (tertiary/aromatic N) is 3. The molecule has 1 aromatic carbocycles. The minimum absolute atomic E-state index is 0.241. The lowest BCUT2D eigenvalue weighted by atomic mass is 10.0. The molecule has 32 heavy (non-hydrogen) atoms. The highest BCUT2D eigenvalue weighted by atomic mass is 16.5. The maximum Gasteiger partial charge on any atom is 0.191 e. The molecule has 0 aliphatic carbocycles. The first kappa shape index (κ1) is 24.8.